The van der Waals surface area contributed by atoms with E-state index in [0.29, 0.717) is 13.0 Å². The molecule has 38 heavy (non-hydrogen) atoms. The number of aliphatic hydroxyl groups is 1. The molecule has 6 atom stereocenters. The molecule has 3 aliphatic rings. The van der Waals surface area contributed by atoms with Crippen LogP contribution in [0, 0.1) is 11.8 Å². The minimum Gasteiger partial charge on any atom is -0.416 e. The molecule has 3 fully saturated rings. The van der Waals surface area contributed by atoms with E-state index in [1.165, 1.54) is 0 Å². The van der Waals surface area contributed by atoms with Crippen LogP contribution in [0.2, 0.25) is 18.1 Å². The van der Waals surface area contributed by atoms with Crippen molar-refractivity contribution in [1.29, 1.82) is 0 Å². The van der Waals surface area contributed by atoms with Gasteiger partial charge >= 0.3 is 0 Å². The summed E-state index contributed by atoms with van der Waals surface area (Å²) in [6, 6.07) is 0. The quantitative estimate of drug-likeness (QED) is 0.157. The van der Waals surface area contributed by atoms with Crippen LogP contribution in [0.15, 0.2) is 12.2 Å². The Kier molecular flexibility index (Phi) is 12.9. The zero-order valence-corrected chi connectivity index (χ0v) is 25.6. The molecule has 0 bridgehead atoms. The van der Waals surface area contributed by atoms with Gasteiger partial charge in [0.2, 0.25) is 0 Å². The van der Waals surface area contributed by atoms with Gasteiger partial charge < -0.3 is 28.5 Å². The molecule has 3 rings (SSSR count). The van der Waals surface area contributed by atoms with Gasteiger partial charge in [0, 0.05) is 38.6 Å². The Morgan fingerprint density at radius 2 is 1.55 bits per heavy atom. The lowest BCUT2D eigenvalue weighted by molar-refractivity contribution is -0.204. The second kappa shape index (κ2) is 15.4. The molecule has 0 spiro atoms. The van der Waals surface area contributed by atoms with Crippen molar-refractivity contribution in [3.05, 3.63) is 12.2 Å². The Bertz CT molecular complexity index is 723. The molecule has 2 aliphatic heterocycles. The van der Waals surface area contributed by atoms with E-state index in [-0.39, 0.29) is 54.1 Å². The Morgan fingerprint density at radius 1 is 0.947 bits per heavy atom. The average Bonchev–Trinajstić information content (AvgIpc) is 3.20. The van der Waals surface area contributed by atoms with Gasteiger partial charge in [-0.2, -0.15) is 0 Å². The van der Waals surface area contributed by atoms with Gasteiger partial charge in [-0.1, -0.05) is 32.9 Å². The fraction of sp³-hybridized carbons (Fsp3) is 0.900. The fourth-order valence-electron chi connectivity index (χ4n) is 5.42. The zero-order valence-electron chi connectivity index (χ0n) is 24.6. The highest BCUT2D eigenvalue weighted by atomic mass is 28.4. The summed E-state index contributed by atoms with van der Waals surface area (Å²) < 4.78 is 32.1. The van der Waals surface area contributed by atoms with E-state index >= 15 is 0 Å². The number of Topliss-reactive ketones (excluding diaryl/α,β-unsaturated/α-hetero) is 1. The van der Waals surface area contributed by atoms with Crippen LogP contribution in [0.4, 0.5) is 0 Å². The molecule has 2 unspecified atom stereocenters. The van der Waals surface area contributed by atoms with Crippen molar-refractivity contribution < 1.29 is 33.3 Å². The lowest BCUT2D eigenvalue weighted by Crippen LogP contribution is -2.44. The lowest BCUT2D eigenvalue weighted by atomic mass is 9.90. The van der Waals surface area contributed by atoms with E-state index < -0.39 is 8.32 Å². The maximum Gasteiger partial charge on any atom is 0.191 e. The van der Waals surface area contributed by atoms with E-state index in [1.54, 1.807) is 0 Å². The summed E-state index contributed by atoms with van der Waals surface area (Å²) in [6.07, 6.45) is 14.3. The van der Waals surface area contributed by atoms with Gasteiger partial charge in [-0.05, 0) is 81.8 Å². The van der Waals surface area contributed by atoms with E-state index in [0.717, 1.165) is 77.4 Å². The lowest BCUT2D eigenvalue weighted by Gasteiger charge is -2.39. The molecule has 0 radical (unpaired) electrons. The first-order valence-electron chi connectivity index (χ1n) is 15.1. The number of hydrogen-bond acceptors (Lipinski definition) is 7. The van der Waals surface area contributed by atoms with Crippen LogP contribution in [0.5, 0.6) is 0 Å². The summed E-state index contributed by atoms with van der Waals surface area (Å²) in [5.74, 6) is 0.376. The number of unbranched alkanes of at least 4 members (excludes halogenated alkanes) is 1. The zero-order chi connectivity index (χ0) is 27.6. The van der Waals surface area contributed by atoms with E-state index in [4.69, 9.17) is 28.5 Å². The van der Waals surface area contributed by atoms with Gasteiger partial charge in [0.1, 0.15) is 6.61 Å². The standard InChI is InChI=1S/C30H54O7Si/c1-30(2,3)38(4,5)35-22-25-24(15-9-7-6-8-14-23(32)21-31)26(36-28-16-10-12-18-33-28)20-27(25)37-29-17-11-13-19-34-29/h7,9,24-29,31H,6,8,10-22H2,1-5H3/t24-,25-,26+,27-,28?,29?/m1/s1. The van der Waals surface area contributed by atoms with Crippen molar-refractivity contribution in [1.82, 2.24) is 0 Å². The van der Waals surface area contributed by atoms with E-state index in [2.05, 4.69) is 46.0 Å². The van der Waals surface area contributed by atoms with Crippen LogP contribution >= 0.6 is 0 Å². The predicted molar refractivity (Wildman–Crippen MR) is 151 cm³/mol. The number of carbonyl (C=O) groups is 1. The van der Waals surface area contributed by atoms with Crippen molar-refractivity contribution in [3.63, 3.8) is 0 Å². The van der Waals surface area contributed by atoms with Crippen molar-refractivity contribution in [3.8, 4) is 0 Å². The molecule has 0 aromatic heterocycles. The number of ether oxygens (including phenoxy) is 4. The molecular weight excluding hydrogens is 500 g/mol. The van der Waals surface area contributed by atoms with Gasteiger partial charge in [-0.15, -0.1) is 0 Å². The number of allylic oxidation sites excluding steroid dienone is 2. The molecule has 0 aromatic rings. The molecule has 0 amide bonds. The SMILES string of the molecule is CC(C)(C)[Si](C)(C)OC[C@@H]1[C@@H](CC=CCCCC(=O)CO)[C@@H](OC2CCCCO2)C[C@H]1OC1CCCCO1. The maximum atomic E-state index is 11.4. The second-order valence-electron chi connectivity index (χ2n) is 12.9. The van der Waals surface area contributed by atoms with Crippen LogP contribution in [0.1, 0.15) is 91.4 Å². The highest BCUT2D eigenvalue weighted by molar-refractivity contribution is 6.74. The minimum atomic E-state index is -1.93. The smallest absolute Gasteiger partial charge is 0.191 e. The number of ketones is 1. The first-order chi connectivity index (χ1) is 18.1. The largest absolute Gasteiger partial charge is 0.416 e. The molecule has 0 aromatic carbocycles. The highest BCUT2D eigenvalue weighted by Crippen LogP contribution is 2.43. The first-order valence-corrected chi connectivity index (χ1v) is 18.0. The third-order valence-corrected chi connectivity index (χ3v) is 13.4. The van der Waals surface area contributed by atoms with Gasteiger partial charge in [-0.3, -0.25) is 4.79 Å². The predicted octanol–water partition coefficient (Wildman–Crippen LogP) is 6.15. The Hall–Kier alpha value is -0.613. The van der Waals surface area contributed by atoms with Crippen molar-refractivity contribution in [2.75, 3.05) is 26.4 Å². The normalized spacial score (nSPS) is 31.2. The van der Waals surface area contributed by atoms with Crippen molar-refractivity contribution in [2.45, 2.75) is 134 Å². The molecule has 220 valence electrons. The van der Waals surface area contributed by atoms with Crippen molar-refractivity contribution >= 4 is 14.1 Å². The van der Waals surface area contributed by atoms with E-state index in [9.17, 15) is 4.79 Å². The second-order valence-corrected chi connectivity index (χ2v) is 17.7. The first kappa shape index (κ1) is 31.9. The van der Waals surface area contributed by atoms with Crippen molar-refractivity contribution in [2.24, 2.45) is 11.8 Å². The molecule has 1 aliphatic carbocycles. The number of carbonyl (C=O) groups excluding carboxylic acids is 1. The Balaban J connectivity index is 1.73. The Morgan fingerprint density at radius 3 is 2.08 bits per heavy atom. The van der Waals surface area contributed by atoms with E-state index in [1.807, 2.05) is 0 Å². The van der Waals surface area contributed by atoms with Crippen LogP contribution < -0.4 is 0 Å². The summed E-state index contributed by atoms with van der Waals surface area (Å²) in [5.41, 5.74) is 0. The monoisotopic (exact) mass is 554 g/mol. The molecular formula is C30H54O7Si. The third-order valence-electron chi connectivity index (χ3n) is 8.92. The maximum absolute atomic E-state index is 11.4. The van der Waals surface area contributed by atoms with Gasteiger partial charge in [0.15, 0.2) is 26.7 Å². The summed E-state index contributed by atoms with van der Waals surface area (Å²) in [7, 11) is -1.93. The molecule has 2 saturated heterocycles. The molecule has 1 N–H and O–H groups in total. The summed E-state index contributed by atoms with van der Waals surface area (Å²) in [4.78, 5) is 11.4. The third kappa shape index (κ3) is 9.79. The van der Waals surface area contributed by atoms with Crippen LogP contribution in [0.3, 0.4) is 0 Å². The van der Waals surface area contributed by atoms with Crippen LogP contribution in [-0.4, -0.2) is 70.4 Å². The van der Waals surface area contributed by atoms with Crippen LogP contribution in [-0.2, 0) is 28.2 Å². The van der Waals surface area contributed by atoms with Gasteiger partial charge in [0.25, 0.3) is 0 Å². The molecule has 1 saturated carbocycles. The highest BCUT2D eigenvalue weighted by Gasteiger charge is 2.48. The average molecular weight is 555 g/mol. The number of hydrogen-bond donors (Lipinski definition) is 1. The summed E-state index contributed by atoms with van der Waals surface area (Å²) in [6.45, 7) is 13.3. The molecule has 7 nitrogen and oxygen atoms in total. The van der Waals surface area contributed by atoms with Gasteiger partial charge in [-0.25, -0.2) is 0 Å². The Labute approximate surface area is 232 Å². The topological polar surface area (TPSA) is 83.5 Å². The number of aliphatic hydroxyl groups excluding tert-OH is 1. The molecule has 2 heterocycles. The summed E-state index contributed by atoms with van der Waals surface area (Å²) in [5, 5.41) is 9.09. The molecule has 8 heteroatoms. The minimum absolute atomic E-state index is 0.0250. The number of rotatable bonds is 14. The van der Waals surface area contributed by atoms with Crippen LogP contribution in [0.25, 0.3) is 0 Å². The summed E-state index contributed by atoms with van der Waals surface area (Å²) >= 11 is 0. The van der Waals surface area contributed by atoms with Gasteiger partial charge in [0.05, 0.1) is 12.2 Å². The fourth-order valence-corrected chi connectivity index (χ4v) is 6.46.